The zero-order valence-electron chi connectivity index (χ0n) is 15.9. The maximum Gasteiger partial charge on any atom is 0.164 e. The zero-order chi connectivity index (χ0) is 20.0. The second kappa shape index (κ2) is 6.61. The molecule has 1 aromatic carbocycles. The van der Waals surface area contributed by atoms with Gasteiger partial charge in [0.15, 0.2) is 11.6 Å². The number of fused-ring (bicyclic) bond motifs is 2. The smallest absolute Gasteiger partial charge is 0.164 e. The number of nitriles is 2. The SMILES string of the molecule is Cn1cc(-c2ncc(C#N)c(N3C[C@@H]4C[C@H]3CN4c3cccc(C#N)c3)n2)cn1. The van der Waals surface area contributed by atoms with Crippen molar-refractivity contribution < 1.29 is 0 Å². The van der Waals surface area contributed by atoms with Crippen LogP contribution < -0.4 is 9.80 Å². The van der Waals surface area contributed by atoms with Crippen LogP contribution in [0.25, 0.3) is 11.4 Å². The summed E-state index contributed by atoms with van der Waals surface area (Å²) in [5.74, 6) is 1.27. The van der Waals surface area contributed by atoms with Crippen molar-refractivity contribution in [2.24, 2.45) is 7.05 Å². The molecule has 2 saturated heterocycles. The van der Waals surface area contributed by atoms with E-state index in [1.165, 1.54) is 0 Å². The molecule has 0 radical (unpaired) electrons. The summed E-state index contributed by atoms with van der Waals surface area (Å²) in [7, 11) is 1.85. The molecule has 0 saturated carbocycles. The van der Waals surface area contributed by atoms with Crippen LogP contribution in [0, 0.1) is 22.7 Å². The van der Waals surface area contributed by atoms with E-state index in [2.05, 4.69) is 38.1 Å². The highest BCUT2D eigenvalue weighted by molar-refractivity contribution is 5.64. The van der Waals surface area contributed by atoms with Gasteiger partial charge >= 0.3 is 0 Å². The molecule has 0 spiro atoms. The van der Waals surface area contributed by atoms with Crippen molar-refractivity contribution in [3.05, 3.63) is 54.0 Å². The van der Waals surface area contributed by atoms with Gasteiger partial charge in [-0.25, -0.2) is 9.97 Å². The maximum absolute atomic E-state index is 9.59. The normalized spacial score (nSPS) is 20.0. The largest absolute Gasteiger partial charge is 0.365 e. The summed E-state index contributed by atoms with van der Waals surface area (Å²) in [4.78, 5) is 13.7. The van der Waals surface area contributed by atoms with Crippen LogP contribution in [0.2, 0.25) is 0 Å². The highest BCUT2D eigenvalue weighted by atomic mass is 15.4. The number of aryl methyl sites for hydroxylation is 1. The number of piperazine rings is 1. The van der Waals surface area contributed by atoms with E-state index in [-0.39, 0.29) is 6.04 Å². The minimum absolute atomic E-state index is 0.273. The Labute approximate surface area is 168 Å². The Morgan fingerprint density at radius 3 is 2.59 bits per heavy atom. The molecule has 0 amide bonds. The molecule has 142 valence electrons. The molecule has 5 rings (SSSR count). The van der Waals surface area contributed by atoms with Gasteiger partial charge in [-0.05, 0) is 24.6 Å². The molecule has 8 nitrogen and oxygen atoms in total. The van der Waals surface area contributed by atoms with Gasteiger partial charge in [-0.2, -0.15) is 15.6 Å². The topological polar surface area (TPSA) is 97.7 Å². The summed E-state index contributed by atoms with van der Waals surface area (Å²) in [5.41, 5.74) is 3.07. The molecule has 8 heteroatoms. The van der Waals surface area contributed by atoms with E-state index in [1.54, 1.807) is 17.1 Å². The summed E-state index contributed by atoms with van der Waals surface area (Å²) < 4.78 is 1.71. The van der Waals surface area contributed by atoms with Crippen molar-refractivity contribution in [1.82, 2.24) is 19.7 Å². The highest BCUT2D eigenvalue weighted by Gasteiger charge is 2.44. The predicted molar refractivity (Wildman–Crippen MR) is 107 cm³/mol. The molecule has 2 aliphatic heterocycles. The van der Waals surface area contributed by atoms with Gasteiger partial charge < -0.3 is 9.80 Å². The Kier molecular flexibility index (Phi) is 3.92. The van der Waals surface area contributed by atoms with Crippen LogP contribution in [-0.4, -0.2) is 44.9 Å². The highest BCUT2D eigenvalue weighted by Crippen LogP contribution is 2.38. The van der Waals surface area contributed by atoms with Crippen molar-refractivity contribution in [3.63, 3.8) is 0 Å². The van der Waals surface area contributed by atoms with Crippen LogP contribution in [0.1, 0.15) is 17.5 Å². The molecule has 2 atom stereocenters. The van der Waals surface area contributed by atoms with Gasteiger partial charge in [0.1, 0.15) is 11.6 Å². The number of aromatic nitrogens is 4. The monoisotopic (exact) mass is 382 g/mol. The molecule has 4 heterocycles. The van der Waals surface area contributed by atoms with Crippen LogP contribution in [0.3, 0.4) is 0 Å². The van der Waals surface area contributed by atoms with Crippen LogP contribution in [0.4, 0.5) is 11.5 Å². The Morgan fingerprint density at radius 2 is 1.90 bits per heavy atom. The van der Waals surface area contributed by atoms with E-state index in [0.717, 1.165) is 30.8 Å². The predicted octanol–water partition coefficient (Wildman–Crippen LogP) is 2.09. The lowest BCUT2D eigenvalue weighted by molar-refractivity contribution is 0.640. The second-order valence-corrected chi connectivity index (χ2v) is 7.46. The molecule has 2 fully saturated rings. The lowest BCUT2D eigenvalue weighted by atomic mass is 10.1. The summed E-state index contributed by atoms with van der Waals surface area (Å²) in [6, 6.07) is 12.8. The van der Waals surface area contributed by atoms with Crippen LogP contribution >= 0.6 is 0 Å². The molecule has 29 heavy (non-hydrogen) atoms. The van der Waals surface area contributed by atoms with Gasteiger partial charge in [-0.15, -0.1) is 0 Å². The molecule has 0 unspecified atom stereocenters. The fraction of sp³-hybridized carbons (Fsp3) is 0.286. The van der Waals surface area contributed by atoms with E-state index < -0.39 is 0 Å². The zero-order valence-corrected chi connectivity index (χ0v) is 15.9. The van der Waals surface area contributed by atoms with Gasteiger partial charge in [0.25, 0.3) is 0 Å². The summed E-state index contributed by atoms with van der Waals surface area (Å²) in [6.07, 6.45) is 6.20. The average molecular weight is 382 g/mol. The van der Waals surface area contributed by atoms with E-state index >= 15 is 0 Å². The summed E-state index contributed by atoms with van der Waals surface area (Å²) in [5, 5.41) is 23.0. The number of benzene rings is 1. The Morgan fingerprint density at radius 1 is 1.07 bits per heavy atom. The molecule has 2 bridgehead atoms. The van der Waals surface area contributed by atoms with Gasteiger partial charge in [-0.1, -0.05) is 6.07 Å². The third-order valence-electron chi connectivity index (χ3n) is 5.67. The number of rotatable bonds is 3. The fourth-order valence-corrected chi connectivity index (χ4v) is 4.34. The number of anilines is 2. The standard InChI is InChI=1S/C21H18N8/c1-27-11-16(10-25-27)20-24-9-15(8-23)21(26-20)29-13-18-6-19(29)12-28(18)17-4-2-3-14(5-17)7-22/h2-5,9-11,18-19H,6,12-13H2,1H3/t18-,19-/m0/s1. The number of nitrogens with zero attached hydrogens (tertiary/aromatic N) is 8. The lowest BCUT2D eigenvalue weighted by Crippen LogP contribution is -2.47. The Balaban J connectivity index is 1.44. The molecular formula is C21H18N8. The van der Waals surface area contributed by atoms with Gasteiger partial charge in [0.05, 0.1) is 35.6 Å². The van der Waals surface area contributed by atoms with Crippen molar-refractivity contribution in [2.75, 3.05) is 22.9 Å². The second-order valence-electron chi connectivity index (χ2n) is 7.46. The Bertz CT molecular complexity index is 1170. The number of hydrogen-bond acceptors (Lipinski definition) is 7. The third kappa shape index (κ3) is 2.86. The van der Waals surface area contributed by atoms with E-state index in [4.69, 9.17) is 4.98 Å². The molecule has 0 aliphatic carbocycles. The summed E-state index contributed by atoms with van der Waals surface area (Å²) >= 11 is 0. The van der Waals surface area contributed by atoms with Crippen LogP contribution in [-0.2, 0) is 7.05 Å². The van der Waals surface area contributed by atoms with Crippen LogP contribution in [0.5, 0.6) is 0 Å². The van der Waals surface area contributed by atoms with Gasteiger partial charge in [0, 0.05) is 38.1 Å². The van der Waals surface area contributed by atoms with E-state index in [1.807, 2.05) is 31.4 Å². The quantitative estimate of drug-likeness (QED) is 0.684. The first-order valence-corrected chi connectivity index (χ1v) is 9.46. The molecule has 2 aliphatic rings. The van der Waals surface area contributed by atoms with Gasteiger partial charge in [0.2, 0.25) is 0 Å². The molecule has 2 aromatic heterocycles. The molecule has 3 aromatic rings. The molecule has 0 N–H and O–H groups in total. The fourth-order valence-electron chi connectivity index (χ4n) is 4.34. The Hall–Kier alpha value is -3.91. The third-order valence-corrected chi connectivity index (χ3v) is 5.67. The minimum atomic E-state index is 0.273. The average Bonchev–Trinajstić information content (AvgIpc) is 3.49. The maximum atomic E-state index is 9.59. The molecular weight excluding hydrogens is 364 g/mol. The number of hydrogen-bond donors (Lipinski definition) is 0. The van der Waals surface area contributed by atoms with E-state index in [0.29, 0.717) is 28.8 Å². The first kappa shape index (κ1) is 17.2. The minimum Gasteiger partial charge on any atom is -0.365 e. The van der Waals surface area contributed by atoms with Crippen molar-refractivity contribution in [2.45, 2.75) is 18.5 Å². The first-order valence-electron chi connectivity index (χ1n) is 9.46. The first-order chi connectivity index (χ1) is 14.2. The lowest BCUT2D eigenvalue weighted by Gasteiger charge is -2.36. The summed E-state index contributed by atoms with van der Waals surface area (Å²) in [6.45, 7) is 1.64. The van der Waals surface area contributed by atoms with Crippen molar-refractivity contribution in [3.8, 4) is 23.5 Å². The van der Waals surface area contributed by atoms with Crippen LogP contribution in [0.15, 0.2) is 42.9 Å². The van der Waals surface area contributed by atoms with Gasteiger partial charge in [-0.3, -0.25) is 4.68 Å². The van der Waals surface area contributed by atoms with Crippen molar-refractivity contribution >= 4 is 11.5 Å². The van der Waals surface area contributed by atoms with Crippen molar-refractivity contribution in [1.29, 1.82) is 10.5 Å². The van der Waals surface area contributed by atoms with E-state index in [9.17, 15) is 10.5 Å².